The van der Waals surface area contributed by atoms with Crippen molar-refractivity contribution in [3.8, 4) is 11.8 Å². The highest BCUT2D eigenvalue weighted by atomic mass is 16.2. The van der Waals surface area contributed by atoms with E-state index in [0.717, 1.165) is 19.3 Å². The van der Waals surface area contributed by atoms with Gasteiger partial charge in [-0.25, -0.2) is 4.98 Å². The number of aliphatic hydroxyl groups is 1. The quantitative estimate of drug-likeness (QED) is 0.801. The summed E-state index contributed by atoms with van der Waals surface area (Å²) in [5, 5.41) is 11.7. The van der Waals surface area contributed by atoms with E-state index < -0.39 is 0 Å². The molecular formula is C15H18N2O2. The number of pyridine rings is 1. The lowest BCUT2D eigenvalue weighted by Gasteiger charge is -2.05. The topological polar surface area (TPSA) is 62.2 Å². The number of aromatic nitrogens is 1. The molecule has 2 N–H and O–H groups in total. The van der Waals surface area contributed by atoms with Crippen LogP contribution in [0.25, 0.3) is 0 Å². The lowest BCUT2D eigenvalue weighted by molar-refractivity contribution is 0.0943. The summed E-state index contributed by atoms with van der Waals surface area (Å²) in [5.41, 5.74) is 0.896. The Kier molecular flexibility index (Phi) is 4.53. The van der Waals surface area contributed by atoms with Gasteiger partial charge in [0.2, 0.25) is 0 Å². The average Bonchev–Trinajstić information content (AvgIpc) is 3.15. The molecular weight excluding hydrogens is 240 g/mol. The molecule has 1 aliphatic carbocycles. The Balaban J connectivity index is 2.03. The van der Waals surface area contributed by atoms with Crippen molar-refractivity contribution < 1.29 is 9.90 Å². The van der Waals surface area contributed by atoms with Crippen LogP contribution in [0.2, 0.25) is 0 Å². The summed E-state index contributed by atoms with van der Waals surface area (Å²) in [6.45, 7) is 1.93. The van der Waals surface area contributed by atoms with E-state index in [0.29, 0.717) is 17.2 Å². The number of aliphatic hydroxyl groups excluding tert-OH is 1. The van der Waals surface area contributed by atoms with E-state index in [2.05, 4.69) is 29.1 Å². The van der Waals surface area contributed by atoms with E-state index >= 15 is 0 Å². The molecule has 0 aromatic carbocycles. The molecule has 1 amide bonds. The van der Waals surface area contributed by atoms with Gasteiger partial charge in [-0.15, -0.1) is 0 Å². The second-order valence-electron chi connectivity index (χ2n) is 4.72. The fourth-order valence-corrected chi connectivity index (χ4v) is 2.17. The Bertz CT molecular complexity index is 516. The molecule has 2 atom stereocenters. The zero-order valence-electron chi connectivity index (χ0n) is 11.0. The highest BCUT2D eigenvalue weighted by molar-refractivity contribution is 5.95. The molecule has 1 saturated carbocycles. The largest absolute Gasteiger partial charge is 0.384 e. The first-order chi connectivity index (χ1) is 9.26. The van der Waals surface area contributed by atoms with Crippen molar-refractivity contribution in [1.29, 1.82) is 0 Å². The third kappa shape index (κ3) is 3.55. The SMILES string of the molecule is CCCC1CC1NC(=O)c1ncccc1C#CCO. The van der Waals surface area contributed by atoms with E-state index in [1.165, 1.54) is 0 Å². The summed E-state index contributed by atoms with van der Waals surface area (Å²) in [6, 6.07) is 3.75. The predicted molar refractivity (Wildman–Crippen MR) is 72.5 cm³/mol. The highest BCUT2D eigenvalue weighted by Gasteiger charge is 2.37. The van der Waals surface area contributed by atoms with E-state index in [1.807, 2.05) is 0 Å². The molecule has 1 fully saturated rings. The molecule has 0 radical (unpaired) electrons. The van der Waals surface area contributed by atoms with Crippen LogP contribution >= 0.6 is 0 Å². The summed E-state index contributed by atoms with van der Waals surface area (Å²) in [6.07, 6.45) is 4.94. The Morgan fingerprint density at radius 3 is 3.21 bits per heavy atom. The third-order valence-corrected chi connectivity index (χ3v) is 3.22. The smallest absolute Gasteiger partial charge is 0.271 e. The number of nitrogens with one attached hydrogen (secondary N) is 1. The summed E-state index contributed by atoms with van der Waals surface area (Å²) in [4.78, 5) is 16.2. The lowest BCUT2D eigenvalue weighted by atomic mass is 10.2. The molecule has 4 heteroatoms. The first-order valence-electron chi connectivity index (χ1n) is 6.61. The second kappa shape index (κ2) is 6.35. The maximum Gasteiger partial charge on any atom is 0.271 e. The summed E-state index contributed by atoms with van der Waals surface area (Å²) in [7, 11) is 0. The number of amides is 1. The third-order valence-electron chi connectivity index (χ3n) is 3.22. The van der Waals surface area contributed by atoms with Gasteiger partial charge in [-0.1, -0.05) is 25.2 Å². The lowest BCUT2D eigenvalue weighted by Crippen LogP contribution is -2.28. The first-order valence-corrected chi connectivity index (χ1v) is 6.61. The van der Waals surface area contributed by atoms with Crippen LogP contribution in [-0.4, -0.2) is 28.6 Å². The molecule has 1 aliphatic rings. The molecule has 2 unspecified atom stereocenters. The Morgan fingerprint density at radius 2 is 2.47 bits per heavy atom. The fraction of sp³-hybridized carbons (Fsp3) is 0.467. The summed E-state index contributed by atoms with van der Waals surface area (Å²) < 4.78 is 0. The molecule has 0 saturated heterocycles. The summed E-state index contributed by atoms with van der Waals surface area (Å²) >= 11 is 0. The van der Waals surface area contributed by atoms with Crippen LogP contribution < -0.4 is 5.32 Å². The van der Waals surface area contributed by atoms with Crippen molar-refractivity contribution in [2.24, 2.45) is 5.92 Å². The monoisotopic (exact) mass is 258 g/mol. The van der Waals surface area contributed by atoms with Crippen LogP contribution in [0.5, 0.6) is 0 Å². The Hall–Kier alpha value is -1.86. The van der Waals surface area contributed by atoms with Crippen molar-refractivity contribution in [1.82, 2.24) is 10.3 Å². The van der Waals surface area contributed by atoms with Gasteiger partial charge in [-0.2, -0.15) is 0 Å². The molecule has 0 spiro atoms. The van der Waals surface area contributed by atoms with Crippen molar-refractivity contribution in [3.63, 3.8) is 0 Å². The van der Waals surface area contributed by atoms with Crippen molar-refractivity contribution in [2.75, 3.05) is 6.61 Å². The van der Waals surface area contributed by atoms with Gasteiger partial charge < -0.3 is 10.4 Å². The van der Waals surface area contributed by atoms with Gasteiger partial charge in [0.25, 0.3) is 5.91 Å². The molecule has 1 aromatic rings. The minimum absolute atomic E-state index is 0.175. The van der Waals surface area contributed by atoms with Crippen LogP contribution in [0.1, 0.15) is 42.2 Å². The standard InChI is InChI=1S/C15H18N2O2/c1-2-5-12-10-13(12)17-15(19)14-11(7-4-9-18)6-3-8-16-14/h3,6,8,12-13,18H,2,5,9-10H2,1H3,(H,17,19). The van der Waals surface area contributed by atoms with Gasteiger partial charge in [0.05, 0.1) is 5.56 Å². The number of nitrogens with zero attached hydrogens (tertiary/aromatic N) is 1. The Labute approximate surface area is 113 Å². The van der Waals surface area contributed by atoms with Crippen LogP contribution in [0.15, 0.2) is 18.3 Å². The maximum atomic E-state index is 12.1. The molecule has 4 nitrogen and oxygen atoms in total. The molecule has 1 heterocycles. The van der Waals surface area contributed by atoms with E-state index in [4.69, 9.17) is 5.11 Å². The van der Waals surface area contributed by atoms with Crippen LogP contribution in [0.4, 0.5) is 0 Å². The molecule has 1 aromatic heterocycles. The Morgan fingerprint density at radius 1 is 1.63 bits per heavy atom. The van der Waals surface area contributed by atoms with Gasteiger partial charge >= 0.3 is 0 Å². The minimum Gasteiger partial charge on any atom is -0.384 e. The van der Waals surface area contributed by atoms with Gasteiger partial charge in [0.15, 0.2) is 0 Å². The first kappa shape index (κ1) is 13.6. The van der Waals surface area contributed by atoms with E-state index in [9.17, 15) is 4.79 Å². The van der Waals surface area contributed by atoms with Gasteiger partial charge in [0.1, 0.15) is 12.3 Å². The molecule has 2 rings (SSSR count). The highest BCUT2D eigenvalue weighted by Crippen LogP contribution is 2.34. The van der Waals surface area contributed by atoms with E-state index in [1.54, 1.807) is 18.3 Å². The number of carbonyl (C=O) groups excluding carboxylic acids is 1. The fourth-order valence-electron chi connectivity index (χ4n) is 2.17. The van der Waals surface area contributed by atoms with Gasteiger partial charge in [0, 0.05) is 12.2 Å². The van der Waals surface area contributed by atoms with E-state index in [-0.39, 0.29) is 18.6 Å². The van der Waals surface area contributed by atoms with Crippen LogP contribution in [0, 0.1) is 17.8 Å². The molecule has 0 aliphatic heterocycles. The number of hydrogen-bond acceptors (Lipinski definition) is 3. The minimum atomic E-state index is -0.225. The van der Waals surface area contributed by atoms with Crippen molar-refractivity contribution >= 4 is 5.91 Å². The van der Waals surface area contributed by atoms with Gasteiger partial charge in [-0.3, -0.25) is 4.79 Å². The number of carbonyl (C=O) groups is 1. The van der Waals surface area contributed by atoms with Gasteiger partial charge in [-0.05, 0) is 30.9 Å². The average molecular weight is 258 g/mol. The molecule has 19 heavy (non-hydrogen) atoms. The summed E-state index contributed by atoms with van der Waals surface area (Å²) in [5.74, 6) is 5.73. The second-order valence-corrected chi connectivity index (χ2v) is 4.72. The zero-order chi connectivity index (χ0) is 13.7. The number of hydrogen-bond donors (Lipinski definition) is 2. The normalized spacial score (nSPS) is 20.3. The predicted octanol–water partition coefficient (Wildman–Crippen LogP) is 1.34. The van der Waals surface area contributed by atoms with Crippen LogP contribution in [0.3, 0.4) is 0 Å². The van der Waals surface area contributed by atoms with Crippen molar-refractivity contribution in [2.45, 2.75) is 32.2 Å². The molecule has 100 valence electrons. The van der Waals surface area contributed by atoms with Crippen LogP contribution in [-0.2, 0) is 0 Å². The zero-order valence-corrected chi connectivity index (χ0v) is 11.0. The molecule has 0 bridgehead atoms. The number of rotatable bonds is 4. The van der Waals surface area contributed by atoms with Crippen molar-refractivity contribution in [3.05, 3.63) is 29.6 Å². The maximum absolute atomic E-state index is 12.1.